The molecule has 0 spiro atoms. The van der Waals surface area contributed by atoms with Crippen molar-refractivity contribution in [2.75, 3.05) is 18.6 Å². The number of aromatic nitrogens is 4. The maximum atomic E-state index is 12.7. The molecule has 1 amide bonds. The Kier molecular flexibility index (Phi) is 6.54. The van der Waals surface area contributed by atoms with Gasteiger partial charge in [-0.15, -0.1) is 0 Å². The average molecular weight is 538 g/mol. The van der Waals surface area contributed by atoms with E-state index in [4.69, 9.17) is 19.6 Å². The van der Waals surface area contributed by atoms with Gasteiger partial charge in [-0.25, -0.2) is 14.5 Å². The maximum absolute atomic E-state index is 12.7. The highest BCUT2D eigenvalue weighted by Crippen LogP contribution is 2.60. The van der Waals surface area contributed by atoms with Crippen LogP contribution in [-0.4, -0.2) is 53.2 Å². The molecule has 2 atom stereocenters. The van der Waals surface area contributed by atoms with Gasteiger partial charge in [0.25, 0.3) is 0 Å². The number of carbonyl (C=O) groups is 1. The molecule has 2 aliphatic rings. The summed E-state index contributed by atoms with van der Waals surface area (Å²) in [6, 6.07) is 5.14. The minimum Gasteiger partial charge on any atom is -0.443 e. The number of rotatable bonds is 7. The molecule has 0 saturated heterocycles. The SMILES string of the molecule is Cc1cc2[nH]c(-c3nn(COCC[Si](C)(C)C)c4c3C[C@@H]3C[C@]3(C)C4)nc2cc1N(C)C(=O)OC(C)(C)C. The lowest BCUT2D eigenvalue weighted by molar-refractivity contribution is 0.0589. The number of aryl methyl sites for hydroxylation is 1. The Hall–Kier alpha value is -2.65. The fraction of sp³-hybridized carbons (Fsp3) is 0.621. The van der Waals surface area contributed by atoms with Crippen LogP contribution in [0.3, 0.4) is 0 Å². The van der Waals surface area contributed by atoms with Gasteiger partial charge in [0.2, 0.25) is 0 Å². The zero-order valence-electron chi connectivity index (χ0n) is 24.5. The van der Waals surface area contributed by atoms with E-state index in [2.05, 4.69) is 36.2 Å². The van der Waals surface area contributed by atoms with E-state index in [9.17, 15) is 4.79 Å². The molecule has 1 aromatic carbocycles. The summed E-state index contributed by atoms with van der Waals surface area (Å²) in [5.74, 6) is 1.50. The number of aromatic amines is 1. The molecule has 206 valence electrons. The Labute approximate surface area is 227 Å². The molecule has 2 aromatic heterocycles. The van der Waals surface area contributed by atoms with Crippen molar-refractivity contribution in [2.45, 2.75) is 91.9 Å². The van der Waals surface area contributed by atoms with Crippen molar-refractivity contribution in [3.05, 3.63) is 29.0 Å². The molecule has 1 saturated carbocycles. The Bertz CT molecular complexity index is 1380. The molecular formula is C29H43N5O3Si. The predicted octanol–water partition coefficient (Wildman–Crippen LogP) is 6.54. The van der Waals surface area contributed by atoms with Crippen molar-refractivity contribution in [3.63, 3.8) is 0 Å². The molecule has 9 heteroatoms. The minimum atomic E-state index is -1.15. The molecule has 38 heavy (non-hydrogen) atoms. The van der Waals surface area contributed by atoms with Gasteiger partial charge < -0.3 is 14.5 Å². The van der Waals surface area contributed by atoms with Crippen LogP contribution >= 0.6 is 0 Å². The number of carbonyl (C=O) groups excluding carboxylic acids is 1. The number of benzene rings is 1. The van der Waals surface area contributed by atoms with Gasteiger partial charge in [0, 0.05) is 33.0 Å². The molecular weight excluding hydrogens is 494 g/mol. The van der Waals surface area contributed by atoms with Gasteiger partial charge in [0.1, 0.15) is 18.0 Å². The zero-order valence-corrected chi connectivity index (χ0v) is 25.5. The lowest BCUT2D eigenvalue weighted by atomic mass is 9.87. The number of nitrogens with one attached hydrogen (secondary N) is 1. The van der Waals surface area contributed by atoms with Gasteiger partial charge in [0.15, 0.2) is 5.82 Å². The molecule has 0 aliphatic heterocycles. The molecule has 5 rings (SSSR count). The third-order valence-electron chi connectivity index (χ3n) is 7.99. The summed E-state index contributed by atoms with van der Waals surface area (Å²) in [5, 5.41) is 5.05. The smallest absolute Gasteiger partial charge is 0.414 e. The van der Waals surface area contributed by atoms with E-state index in [0.717, 1.165) is 65.2 Å². The lowest BCUT2D eigenvalue weighted by Crippen LogP contribution is -2.34. The molecule has 1 N–H and O–H groups in total. The second-order valence-corrected chi connectivity index (χ2v) is 19.5. The summed E-state index contributed by atoms with van der Waals surface area (Å²) < 4.78 is 13.8. The zero-order chi connectivity index (χ0) is 27.6. The Morgan fingerprint density at radius 2 is 2.03 bits per heavy atom. The number of nitrogens with zero attached hydrogens (tertiary/aromatic N) is 4. The first kappa shape index (κ1) is 26.9. The quantitative estimate of drug-likeness (QED) is 0.273. The standard InChI is InChI=1S/C29H43N5O3Si/c1-18-12-21-22(14-23(18)33(6)27(35)37-28(2,3)4)31-26(30-21)25-20-13-19-15-29(19,5)16-24(20)34(32-25)17-36-10-11-38(7,8)9/h12,14,19H,10-11,13,15-17H2,1-9H3,(H,30,31)/t19-,29-/m1/s1. The second kappa shape index (κ2) is 9.22. The number of hydrogen-bond donors (Lipinski definition) is 1. The average Bonchev–Trinajstić information content (AvgIpc) is 3.11. The number of fused-ring (bicyclic) bond motifs is 3. The topological polar surface area (TPSA) is 85.3 Å². The molecule has 2 heterocycles. The molecule has 0 bridgehead atoms. The van der Waals surface area contributed by atoms with Gasteiger partial charge in [-0.05, 0) is 82.0 Å². The van der Waals surface area contributed by atoms with Crippen LogP contribution in [0.2, 0.25) is 25.7 Å². The van der Waals surface area contributed by atoms with Crippen molar-refractivity contribution < 1.29 is 14.3 Å². The van der Waals surface area contributed by atoms with Crippen LogP contribution in [0, 0.1) is 18.3 Å². The second-order valence-electron chi connectivity index (χ2n) is 13.8. The Morgan fingerprint density at radius 3 is 2.71 bits per heavy atom. The van der Waals surface area contributed by atoms with E-state index in [1.54, 1.807) is 11.9 Å². The fourth-order valence-corrected chi connectivity index (χ4v) is 6.25. The van der Waals surface area contributed by atoms with Crippen molar-refractivity contribution >= 4 is 30.9 Å². The van der Waals surface area contributed by atoms with E-state index >= 15 is 0 Å². The molecule has 3 aromatic rings. The minimum absolute atomic E-state index is 0.384. The summed E-state index contributed by atoms with van der Waals surface area (Å²) in [6.07, 6.45) is 2.97. The number of imidazole rings is 1. The van der Waals surface area contributed by atoms with E-state index in [1.807, 2.05) is 39.8 Å². The fourth-order valence-electron chi connectivity index (χ4n) is 5.50. The largest absolute Gasteiger partial charge is 0.443 e. The molecule has 1 fully saturated rings. The summed E-state index contributed by atoms with van der Waals surface area (Å²) in [4.78, 5) is 22.7. The van der Waals surface area contributed by atoms with Crippen molar-refractivity contribution in [3.8, 4) is 11.5 Å². The number of hydrogen-bond acceptors (Lipinski definition) is 5. The molecule has 0 unspecified atom stereocenters. The monoisotopic (exact) mass is 537 g/mol. The van der Waals surface area contributed by atoms with Gasteiger partial charge >= 0.3 is 6.09 Å². The van der Waals surface area contributed by atoms with Gasteiger partial charge in [-0.2, -0.15) is 5.10 Å². The van der Waals surface area contributed by atoms with E-state index in [-0.39, 0.29) is 6.09 Å². The van der Waals surface area contributed by atoms with Crippen LogP contribution in [0.1, 0.15) is 50.9 Å². The third-order valence-corrected chi connectivity index (χ3v) is 9.69. The normalized spacial score (nSPS) is 20.8. The maximum Gasteiger partial charge on any atom is 0.414 e. The Balaban J connectivity index is 1.45. The van der Waals surface area contributed by atoms with Crippen LogP contribution in [0.5, 0.6) is 0 Å². The highest BCUT2D eigenvalue weighted by atomic mass is 28.3. The molecule has 2 aliphatic carbocycles. The van der Waals surface area contributed by atoms with Crippen molar-refractivity contribution in [1.29, 1.82) is 0 Å². The van der Waals surface area contributed by atoms with Gasteiger partial charge in [-0.3, -0.25) is 4.90 Å². The Morgan fingerprint density at radius 1 is 1.29 bits per heavy atom. The van der Waals surface area contributed by atoms with Crippen molar-refractivity contribution in [2.24, 2.45) is 11.3 Å². The van der Waals surface area contributed by atoms with Crippen LogP contribution in [-0.2, 0) is 29.0 Å². The summed E-state index contributed by atoms with van der Waals surface area (Å²) in [6.45, 7) is 18.4. The summed E-state index contributed by atoms with van der Waals surface area (Å²) >= 11 is 0. The first-order valence-electron chi connectivity index (χ1n) is 13.8. The van der Waals surface area contributed by atoms with Crippen LogP contribution < -0.4 is 4.90 Å². The number of H-pyrrole nitrogens is 1. The first-order valence-corrected chi connectivity index (χ1v) is 17.5. The third kappa shape index (κ3) is 5.40. The first-order chi connectivity index (χ1) is 17.6. The van der Waals surface area contributed by atoms with Crippen LogP contribution in [0.15, 0.2) is 12.1 Å². The molecule has 0 radical (unpaired) electrons. The highest BCUT2D eigenvalue weighted by Gasteiger charge is 2.54. The summed E-state index contributed by atoms with van der Waals surface area (Å²) in [5.41, 5.74) is 6.85. The van der Waals surface area contributed by atoms with Gasteiger partial charge in [0.05, 0.1) is 16.7 Å². The van der Waals surface area contributed by atoms with Crippen LogP contribution in [0.25, 0.3) is 22.6 Å². The predicted molar refractivity (Wildman–Crippen MR) is 154 cm³/mol. The number of amides is 1. The molecule has 8 nitrogen and oxygen atoms in total. The number of anilines is 1. The van der Waals surface area contributed by atoms with E-state index in [0.29, 0.717) is 12.1 Å². The van der Waals surface area contributed by atoms with E-state index in [1.165, 1.54) is 17.7 Å². The van der Waals surface area contributed by atoms with E-state index < -0.39 is 13.7 Å². The highest BCUT2D eigenvalue weighted by molar-refractivity contribution is 6.76. The van der Waals surface area contributed by atoms with Crippen molar-refractivity contribution in [1.82, 2.24) is 19.7 Å². The number of ether oxygens (including phenoxy) is 2. The lowest BCUT2D eigenvalue weighted by Gasteiger charge is -2.25. The summed E-state index contributed by atoms with van der Waals surface area (Å²) in [7, 11) is 0.593. The van der Waals surface area contributed by atoms with Gasteiger partial charge in [-0.1, -0.05) is 26.6 Å². The van der Waals surface area contributed by atoms with Crippen LogP contribution in [0.4, 0.5) is 10.5 Å².